The van der Waals surface area contributed by atoms with E-state index >= 15 is 0 Å². The van der Waals surface area contributed by atoms with Gasteiger partial charge >= 0.3 is 5.97 Å². The summed E-state index contributed by atoms with van der Waals surface area (Å²) in [4.78, 5) is 12.4. The molecule has 0 atom stereocenters. The molecule has 1 aliphatic heterocycles. The maximum atomic E-state index is 12.4. The van der Waals surface area contributed by atoms with Gasteiger partial charge in [-0.15, -0.1) is 0 Å². The van der Waals surface area contributed by atoms with E-state index in [4.69, 9.17) is 9.84 Å². The topological polar surface area (TPSA) is 69.3 Å². The molecule has 30 heavy (non-hydrogen) atoms. The first-order valence-electron chi connectivity index (χ1n) is 10.6. The summed E-state index contributed by atoms with van der Waals surface area (Å²) in [5, 5.41) is 16.8. The molecule has 3 heterocycles. The summed E-state index contributed by atoms with van der Waals surface area (Å²) >= 11 is 3.50. The molecule has 7 heteroatoms. The first-order valence-corrected chi connectivity index (χ1v) is 11.8. The van der Waals surface area contributed by atoms with Crippen LogP contribution in [0.15, 0.2) is 18.2 Å². The fraction of sp³-hybridized carbons (Fsp3) is 0.478. The van der Waals surface area contributed by atoms with E-state index in [-0.39, 0.29) is 0 Å². The zero-order valence-corrected chi connectivity index (χ0v) is 19.2. The lowest BCUT2D eigenvalue weighted by molar-refractivity contribution is 0.0684. The lowest BCUT2D eigenvalue weighted by Crippen LogP contribution is -2.11. The highest BCUT2D eigenvalue weighted by molar-refractivity contribution is 9.09. The number of hydrogen-bond donors (Lipinski definition) is 1. The van der Waals surface area contributed by atoms with E-state index in [1.807, 2.05) is 22.4 Å². The Morgan fingerprint density at radius 1 is 1.33 bits per heavy atom. The highest BCUT2D eigenvalue weighted by Crippen LogP contribution is 2.39. The molecule has 0 saturated carbocycles. The first-order chi connectivity index (χ1) is 14.6. The number of aromatic nitrogens is 3. The predicted molar refractivity (Wildman–Crippen MR) is 121 cm³/mol. The van der Waals surface area contributed by atoms with Gasteiger partial charge in [0.05, 0.1) is 23.5 Å². The number of aromatic carboxylic acids is 1. The summed E-state index contributed by atoms with van der Waals surface area (Å²) in [6, 6.07) is 6.22. The summed E-state index contributed by atoms with van der Waals surface area (Å²) in [6.45, 7) is 3.95. The number of hydrogen-bond acceptors (Lipinski definition) is 3. The molecule has 0 radical (unpaired) electrons. The summed E-state index contributed by atoms with van der Waals surface area (Å²) in [5.41, 5.74) is 6.62. The standard InChI is InChI=1S/C23H28BrN3O3/c1-3-18-20-17-9-6-8-15-16(10-7-11-24)22(23(28)29)27(21(15)17)12-4-5-13-30-14-19(20)26(2)25-18/h6,8-9H,3-5,7,10-14H2,1-2H3,(H,28,29). The van der Waals surface area contributed by atoms with Crippen LogP contribution in [0.25, 0.3) is 22.0 Å². The van der Waals surface area contributed by atoms with E-state index in [2.05, 4.69) is 35.0 Å². The van der Waals surface area contributed by atoms with Gasteiger partial charge in [-0.1, -0.05) is 41.1 Å². The monoisotopic (exact) mass is 473 g/mol. The molecule has 0 amide bonds. The molecular weight excluding hydrogens is 446 g/mol. The van der Waals surface area contributed by atoms with Gasteiger partial charge in [-0.25, -0.2) is 4.79 Å². The Labute approximate surface area is 185 Å². The van der Waals surface area contributed by atoms with E-state index in [0.29, 0.717) is 25.5 Å². The SMILES string of the molecule is CCc1nn(C)c2c1-c1cccc3c(CCCBr)c(C(=O)O)n(c13)CCCCOC2. The van der Waals surface area contributed by atoms with Gasteiger partial charge in [0.1, 0.15) is 5.69 Å². The van der Waals surface area contributed by atoms with E-state index < -0.39 is 5.97 Å². The van der Waals surface area contributed by atoms with Gasteiger partial charge < -0.3 is 14.4 Å². The van der Waals surface area contributed by atoms with Crippen LogP contribution >= 0.6 is 15.9 Å². The van der Waals surface area contributed by atoms with Crippen molar-refractivity contribution in [2.75, 3.05) is 11.9 Å². The summed E-state index contributed by atoms with van der Waals surface area (Å²) in [6.07, 6.45) is 4.22. The third kappa shape index (κ3) is 3.58. The third-order valence-corrected chi connectivity index (χ3v) is 6.51. The molecule has 4 rings (SSSR count). The van der Waals surface area contributed by atoms with Crippen molar-refractivity contribution in [1.82, 2.24) is 14.3 Å². The Balaban J connectivity index is 2.09. The minimum atomic E-state index is -0.852. The van der Waals surface area contributed by atoms with Crippen molar-refractivity contribution in [2.24, 2.45) is 7.05 Å². The number of ether oxygens (including phenoxy) is 1. The maximum absolute atomic E-state index is 12.4. The molecule has 1 aliphatic rings. The Kier molecular flexibility index (Phi) is 6.29. The number of nitrogens with zero attached hydrogens (tertiary/aromatic N) is 3. The molecule has 0 bridgehead atoms. The van der Waals surface area contributed by atoms with Crippen molar-refractivity contribution in [2.45, 2.75) is 52.2 Å². The highest BCUT2D eigenvalue weighted by atomic mass is 79.9. The number of aryl methyl sites for hydroxylation is 4. The number of halogens is 1. The number of carboxylic acids is 1. The van der Waals surface area contributed by atoms with Crippen molar-refractivity contribution >= 4 is 32.8 Å². The van der Waals surface area contributed by atoms with Crippen LogP contribution in [0.5, 0.6) is 0 Å². The minimum Gasteiger partial charge on any atom is -0.477 e. The normalized spacial score (nSPS) is 14.5. The van der Waals surface area contributed by atoms with Gasteiger partial charge in [0.15, 0.2) is 0 Å². The molecule has 0 spiro atoms. The Bertz CT molecular complexity index is 1080. The Morgan fingerprint density at radius 2 is 2.17 bits per heavy atom. The summed E-state index contributed by atoms with van der Waals surface area (Å²) in [7, 11) is 1.96. The molecule has 0 unspecified atom stereocenters. The molecule has 0 fully saturated rings. The third-order valence-electron chi connectivity index (χ3n) is 5.95. The second-order valence-corrected chi connectivity index (χ2v) is 8.58. The average Bonchev–Trinajstić information content (AvgIpc) is 3.21. The summed E-state index contributed by atoms with van der Waals surface area (Å²) < 4.78 is 9.92. The molecule has 3 aromatic rings. The van der Waals surface area contributed by atoms with E-state index in [1.54, 1.807) is 0 Å². The van der Waals surface area contributed by atoms with Crippen molar-refractivity contribution in [1.29, 1.82) is 0 Å². The largest absolute Gasteiger partial charge is 0.477 e. The van der Waals surface area contributed by atoms with Gasteiger partial charge in [-0.2, -0.15) is 5.10 Å². The van der Waals surface area contributed by atoms with E-state index in [0.717, 1.165) is 76.4 Å². The van der Waals surface area contributed by atoms with Crippen LogP contribution < -0.4 is 0 Å². The fourth-order valence-corrected chi connectivity index (χ4v) is 4.91. The number of fused-ring (bicyclic) bond motifs is 2. The average molecular weight is 474 g/mol. The zero-order chi connectivity index (χ0) is 21.3. The molecule has 0 aliphatic carbocycles. The first kappa shape index (κ1) is 21.1. The van der Waals surface area contributed by atoms with Crippen LogP contribution in [0.1, 0.15) is 53.6 Å². The number of carbonyl (C=O) groups is 1. The van der Waals surface area contributed by atoms with Crippen molar-refractivity contribution in [3.05, 3.63) is 40.8 Å². The molecule has 0 saturated heterocycles. The predicted octanol–water partition coefficient (Wildman–Crippen LogP) is 4.94. The van der Waals surface area contributed by atoms with Gasteiger partial charge in [0, 0.05) is 42.0 Å². The van der Waals surface area contributed by atoms with Gasteiger partial charge in [0.2, 0.25) is 0 Å². The van der Waals surface area contributed by atoms with Crippen LogP contribution in [-0.4, -0.2) is 37.4 Å². The van der Waals surface area contributed by atoms with Crippen LogP contribution in [0.4, 0.5) is 0 Å². The number of alkyl halides is 1. The lowest BCUT2D eigenvalue weighted by atomic mass is 9.97. The lowest BCUT2D eigenvalue weighted by Gasteiger charge is -2.12. The van der Waals surface area contributed by atoms with E-state index in [1.165, 1.54) is 0 Å². The van der Waals surface area contributed by atoms with Crippen LogP contribution in [0.2, 0.25) is 0 Å². The summed E-state index contributed by atoms with van der Waals surface area (Å²) in [5.74, 6) is -0.852. The number of carboxylic acid groups (broad SMARTS) is 1. The second kappa shape index (κ2) is 8.94. The quantitative estimate of drug-likeness (QED) is 0.532. The van der Waals surface area contributed by atoms with Gasteiger partial charge in [-0.05, 0) is 37.7 Å². The molecule has 2 aromatic heterocycles. The van der Waals surface area contributed by atoms with Crippen molar-refractivity contribution in [3.8, 4) is 11.1 Å². The molecular formula is C23H28BrN3O3. The number of benzene rings is 1. The number of rotatable bonds is 5. The van der Waals surface area contributed by atoms with Gasteiger partial charge in [0.25, 0.3) is 0 Å². The van der Waals surface area contributed by atoms with Crippen molar-refractivity contribution < 1.29 is 14.6 Å². The van der Waals surface area contributed by atoms with E-state index in [9.17, 15) is 9.90 Å². The van der Waals surface area contributed by atoms with Crippen LogP contribution in [0.3, 0.4) is 0 Å². The zero-order valence-electron chi connectivity index (χ0n) is 17.6. The molecule has 6 nitrogen and oxygen atoms in total. The van der Waals surface area contributed by atoms with Gasteiger partial charge in [-0.3, -0.25) is 4.68 Å². The minimum absolute atomic E-state index is 0.432. The molecule has 1 N–H and O–H groups in total. The Morgan fingerprint density at radius 3 is 2.90 bits per heavy atom. The van der Waals surface area contributed by atoms with Crippen LogP contribution in [-0.2, 0) is 37.8 Å². The van der Waals surface area contributed by atoms with Crippen molar-refractivity contribution in [3.63, 3.8) is 0 Å². The molecule has 160 valence electrons. The Hall–Kier alpha value is -2.12. The second-order valence-electron chi connectivity index (χ2n) is 7.78. The smallest absolute Gasteiger partial charge is 0.352 e. The maximum Gasteiger partial charge on any atom is 0.352 e. The van der Waals surface area contributed by atoms with Crippen LogP contribution in [0, 0.1) is 0 Å². The highest BCUT2D eigenvalue weighted by Gasteiger charge is 2.27. The number of para-hydroxylation sites is 1. The molecule has 1 aromatic carbocycles. The fourth-order valence-electron chi connectivity index (χ4n) is 4.63.